The van der Waals surface area contributed by atoms with Gasteiger partial charge in [0.05, 0.1) is 17.4 Å². The summed E-state index contributed by atoms with van der Waals surface area (Å²) in [5.41, 5.74) is 3.19. The number of hydrogen-bond acceptors (Lipinski definition) is 3. The van der Waals surface area contributed by atoms with Gasteiger partial charge in [0.2, 0.25) is 0 Å². The summed E-state index contributed by atoms with van der Waals surface area (Å²) in [5.74, 6) is 0.556. The summed E-state index contributed by atoms with van der Waals surface area (Å²) in [6, 6.07) is 2.09. The molecule has 5 heteroatoms. The van der Waals surface area contributed by atoms with Gasteiger partial charge < -0.3 is 10.3 Å². The number of piperidine rings is 1. The van der Waals surface area contributed by atoms with Crippen molar-refractivity contribution in [1.82, 2.24) is 25.5 Å². The first-order valence-electron chi connectivity index (χ1n) is 6.44. The van der Waals surface area contributed by atoms with E-state index in [-0.39, 0.29) is 0 Å². The van der Waals surface area contributed by atoms with E-state index in [2.05, 4.69) is 31.5 Å². The number of rotatable bonds is 1. The molecule has 0 radical (unpaired) electrons. The maximum Gasteiger partial charge on any atom is 0.138 e. The molecule has 0 unspecified atom stereocenters. The van der Waals surface area contributed by atoms with E-state index in [0.29, 0.717) is 5.92 Å². The molecule has 0 aliphatic carbocycles. The first-order chi connectivity index (χ1) is 8.93. The minimum absolute atomic E-state index is 0.556. The Morgan fingerprint density at radius 1 is 1.22 bits per heavy atom. The van der Waals surface area contributed by atoms with E-state index in [1.54, 1.807) is 0 Å². The van der Waals surface area contributed by atoms with Gasteiger partial charge in [0, 0.05) is 22.9 Å². The molecule has 1 aliphatic heterocycles. The lowest BCUT2D eigenvalue weighted by Gasteiger charge is -2.21. The van der Waals surface area contributed by atoms with E-state index in [1.807, 2.05) is 12.4 Å². The zero-order valence-electron chi connectivity index (χ0n) is 10.0. The van der Waals surface area contributed by atoms with Crippen LogP contribution in [0.2, 0.25) is 0 Å². The van der Waals surface area contributed by atoms with Crippen LogP contribution in [0.4, 0.5) is 0 Å². The highest BCUT2D eigenvalue weighted by atomic mass is 15.1. The van der Waals surface area contributed by atoms with Gasteiger partial charge in [-0.3, -0.25) is 5.10 Å². The van der Waals surface area contributed by atoms with Crippen LogP contribution in [0.3, 0.4) is 0 Å². The maximum atomic E-state index is 4.54. The second kappa shape index (κ2) is 3.81. The Bertz CT molecular complexity index is 690. The third-order valence-electron chi connectivity index (χ3n) is 3.87. The first kappa shape index (κ1) is 10.1. The lowest BCUT2D eigenvalue weighted by Crippen LogP contribution is -2.26. The SMILES string of the molecule is c1cc2c(ncc3[nH]nc(C4CCNCC4)c32)[nH]1. The van der Waals surface area contributed by atoms with Crippen LogP contribution in [0, 0.1) is 0 Å². The summed E-state index contributed by atoms with van der Waals surface area (Å²) in [6.07, 6.45) is 6.13. The highest BCUT2D eigenvalue weighted by Gasteiger charge is 2.21. The Morgan fingerprint density at radius 3 is 3.00 bits per heavy atom. The van der Waals surface area contributed by atoms with Crippen molar-refractivity contribution in [3.05, 3.63) is 24.2 Å². The molecule has 0 atom stereocenters. The summed E-state index contributed by atoms with van der Waals surface area (Å²) in [4.78, 5) is 7.56. The fourth-order valence-corrected chi connectivity index (χ4v) is 2.94. The number of nitrogens with zero attached hydrogens (tertiary/aromatic N) is 2. The van der Waals surface area contributed by atoms with Gasteiger partial charge in [-0.1, -0.05) is 0 Å². The number of aromatic nitrogens is 4. The summed E-state index contributed by atoms with van der Waals surface area (Å²) >= 11 is 0. The second-order valence-electron chi connectivity index (χ2n) is 4.92. The minimum Gasteiger partial charge on any atom is -0.346 e. The van der Waals surface area contributed by atoms with Crippen LogP contribution in [0.15, 0.2) is 18.5 Å². The highest BCUT2D eigenvalue weighted by Crippen LogP contribution is 2.32. The molecule has 0 saturated carbocycles. The second-order valence-corrected chi connectivity index (χ2v) is 4.92. The van der Waals surface area contributed by atoms with Crippen molar-refractivity contribution < 1.29 is 0 Å². The van der Waals surface area contributed by atoms with Gasteiger partial charge in [0.15, 0.2) is 0 Å². The molecular formula is C13H15N5. The molecule has 0 bridgehead atoms. The van der Waals surface area contributed by atoms with Crippen molar-refractivity contribution >= 4 is 21.9 Å². The van der Waals surface area contributed by atoms with Crippen LogP contribution < -0.4 is 5.32 Å². The molecule has 4 heterocycles. The van der Waals surface area contributed by atoms with Crippen LogP contribution in [-0.2, 0) is 0 Å². The van der Waals surface area contributed by atoms with E-state index in [0.717, 1.165) is 37.1 Å². The predicted molar refractivity (Wildman–Crippen MR) is 70.6 cm³/mol. The largest absolute Gasteiger partial charge is 0.346 e. The topological polar surface area (TPSA) is 69.4 Å². The molecule has 3 aromatic rings. The third-order valence-corrected chi connectivity index (χ3v) is 3.87. The molecule has 0 amide bonds. The maximum absolute atomic E-state index is 4.54. The van der Waals surface area contributed by atoms with Gasteiger partial charge >= 0.3 is 0 Å². The van der Waals surface area contributed by atoms with E-state index in [9.17, 15) is 0 Å². The Kier molecular flexibility index (Phi) is 2.14. The average Bonchev–Trinajstić information content (AvgIpc) is 3.05. The molecule has 1 aliphatic rings. The summed E-state index contributed by atoms with van der Waals surface area (Å²) in [5, 5.41) is 13.5. The zero-order chi connectivity index (χ0) is 11.9. The smallest absolute Gasteiger partial charge is 0.138 e. The van der Waals surface area contributed by atoms with Crippen molar-refractivity contribution in [3.8, 4) is 0 Å². The highest BCUT2D eigenvalue weighted by molar-refractivity contribution is 6.04. The van der Waals surface area contributed by atoms with E-state index < -0.39 is 0 Å². The molecule has 3 N–H and O–H groups in total. The van der Waals surface area contributed by atoms with Crippen molar-refractivity contribution in [2.24, 2.45) is 0 Å². The molecule has 0 spiro atoms. The molecule has 18 heavy (non-hydrogen) atoms. The van der Waals surface area contributed by atoms with Gasteiger partial charge in [-0.15, -0.1) is 0 Å². The number of nitrogens with one attached hydrogen (secondary N) is 3. The lowest BCUT2D eigenvalue weighted by atomic mass is 9.92. The Labute approximate surface area is 104 Å². The molecule has 4 rings (SSSR count). The first-order valence-corrected chi connectivity index (χ1v) is 6.44. The van der Waals surface area contributed by atoms with Crippen LogP contribution in [-0.4, -0.2) is 33.3 Å². The summed E-state index contributed by atoms with van der Waals surface area (Å²) < 4.78 is 0. The van der Waals surface area contributed by atoms with Crippen LogP contribution in [0.25, 0.3) is 21.9 Å². The number of hydrogen-bond donors (Lipinski definition) is 3. The zero-order valence-corrected chi connectivity index (χ0v) is 10.0. The van der Waals surface area contributed by atoms with E-state index in [4.69, 9.17) is 0 Å². The van der Waals surface area contributed by atoms with E-state index in [1.165, 1.54) is 16.5 Å². The Balaban J connectivity index is 1.96. The minimum atomic E-state index is 0.556. The number of H-pyrrole nitrogens is 2. The fraction of sp³-hybridized carbons (Fsp3) is 0.385. The van der Waals surface area contributed by atoms with E-state index >= 15 is 0 Å². The van der Waals surface area contributed by atoms with Gasteiger partial charge in [-0.2, -0.15) is 5.10 Å². The molecule has 1 saturated heterocycles. The summed E-state index contributed by atoms with van der Waals surface area (Å²) in [6.45, 7) is 2.17. The monoisotopic (exact) mass is 241 g/mol. The van der Waals surface area contributed by atoms with Crippen molar-refractivity contribution in [1.29, 1.82) is 0 Å². The van der Waals surface area contributed by atoms with Gasteiger partial charge in [-0.05, 0) is 32.0 Å². The van der Waals surface area contributed by atoms with Crippen LogP contribution in [0.5, 0.6) is 0 Å². The summed E-state index contributed by atoms with van der Waals surface area (Å²) in [7, 11) is 0. The lowest BCUT2D eigenvalue weighted by molar-refractivity contribution is 0.455. The Hall–Kier alpha value is -1.88. The average molecular weight is 241 g/mol. The van der Waals surface area contributed by atoms with Gasteiger partial charge in [0.25, 0.3) is 0 Å². The standard InChI is InChI=1S/C13H15N5/c1-4-14-5-2-8(1)12-11-9-3-6-15-13(9)16-7-10(11)17-18-12/h3,6-8,14H,1-2,4-5H2,(H,15,16)(H,17,18). The van der Waals surface area contributed by atoms with Gasteiger partial charge in [0.1, 0.15) is 5.65 Å². The van der Waals surface area contributed by atoms with Crippen LogP contribution >= 0.6 is 0 Å². The number of pyridine rings is 1. The number of aromatic amines is 2. The molecular weight excluding hydrogens is 226 g/mol. The molecule has 0 aromatic carbocycles. The Morgan fingerprint density at radius 2 is 2.11 bits per heavy atom. The quantitative estimate of drug-likeness (QED) is 0.609. The molecule has 92 valence electrons. The third kappa shape index (κ3) is 1.37. The van der Waals surface area contributed by atoms with Gasteiger partial charge in [-0.25, -0.2) is 4.98 Å². The predicted octanol–water partition coefficient (Wildman–Crippen LogP) is 1.91. The van der Waals surface area contributed by atoms with Crippen molar-refractivity contribution in [2.45, 2.75) is 18.8 Å². The number of fused-ring (bicyclic) bond motifs is 3. The fourth-order valence-electron chi connectivity index (χ4n) is 2.94. The molecule has 5 nitrogen and oxygen atoms in total. The van der Waals surface area contributed by atoms with Crippen molar-refractivity contribution in [3.63, 3.8) is 0 Å². The molecule has 3 aromatic heterocycles. The van der Waals surface area contributed by atoms with Crippen molar-refractivity contribution in [2.75, 3.05) is 13.1 Å². The molecule has 1 fully saturated rings. The normalized spacial score (nSPS) is 17.8. The van der Waals surface area contributed by atoms with Crippen LogP contribution in [0.1, 0.15) is 24.5 Å².